The number of benzene rings is 2. The summed E-state index contributed by atoms with van der Waals surface area (Å²) in [6.45, 7) is 2.83. The van der Waals surface area contributed by atoms with Crippen molar-refractivity contribution < 1.29 is 13.9 Å². The largest absolute Gasteiger partial charge is 0.491 e. The van der Waals surface area contributed by atoms with Crippen molar-refractivity contribution in [2.75, 3.05) is 18.5 Å². The maximum Gasteiger partial charge on any atom is 0.319 e. The van der Waals surface area contributed by atoms with Crippen LogP contribution in [0.2, 0.25) is 0 Å². The predicted octanol–water partition coefficient (Wildman–Crippen LogP) is 3.59. The Morgan fingerprint density at radius 3 is 2.59 bits per heavy atom. The van der Waals surface area contributed by atoms with Crippen molar-refractivity contribution in [2.45, 2.75) is 13.3 Å². The molecule has 116 valence electrons. The summed E-state index contributed by atoms with van der Waals surface area (Å²) in [5, 5.41) is 5.30. The van der Waals surface area contributed by atoms with E-state index >= 15 is 0 Å². The minimum Gasteiger partial charge on any atom is -0.491 e. The van der Waals surface area contributed by atoms with Crippen molar-refractivity contribution in [2.24, 2.45) is 0 Å². The number of nitrogens with one attached hydrogen (secondary N) is 2. The highest BCUT2D eigenvalue weighted by molar-refractivity contribution is 5.89. The minimum atomic E-state index is -0.348. The van der Waals surface area contributed by atoms with Crippen LogP contribution in [0.25, 0.3) is 0 Å². The summed E-state index contributed by atoms with van der Waals surface area (Å²) < 4.78 is 18.4. The Morgan fingerprint density at radius 2 is 1.86 bits per heavy atom. The average Bonchev–Trinajstić information content (AvgIpc) is 2.54. The van der Waals surface area contributed by atoms with Crippen molar-refractivity contribution in [1.82, 2.24) is 5.32 Å². The molecule has 0 aliphatic heterocycles. The number of rotatable bonds is 6. The highest BCUT2D eigenvalue weighted by Gasteiger charge is 2.03. The fraction of sp³-hybridized carbons (Fsp3) is 0.235. The molecular weight excluding hydrogens is 283 g/mol. The summed E-state index contributed by atoms with van der Waals surface area (Å²) >= 11 is 0. The fourth-order valence-corrected chi connectivity index (χ4v) is 1.97. The maximum absolute atomic E-state index is 12.8. The fourth-order valence-electron chi connectivity index (χ4n) is 1.97. The third-order valence-electron chi connectivity index (χ3n) is 3.10. The van der Waals surface area contributed by atoms with Crippen molar-refractivity contribution >= 4 is 11.7 Å². The zero-order valence-electron chi connectivity index (χ0n) is 12.4. The average molecular weight is 302 g/mol. The van der Waals surface area contributed by atoms with E-state index in [2.05, 4.69) is 17.6 Å². The molecule has 2 N–H and O–H groups in total. The standard InChI is InChI=1S/C17H19FN2O2/c1-2-13-5-3-4-6-16(13)22-12-11-19-17(21)20-15-9-7-14(18)8-10-15/h3-10H,2,11-12H2,1H3,(H2,19,20,21). The van der Waals surface area contributed by atoms with E-state index in [9.17, 15) is 9.18 Å². The molecule has 0 saturated carbocycles. The third kappa shape index (κ3) is 4.77. The van der Waals surface area contributed by atoms with E-state index in [1.54, 1.807) is 0 Å². The first-order chi connectivity index (χ1) is 10.7. The molecule has 0 aliphatic carbocycles. The number of anilines is 1. The summed E-state index contributed by atoms with van der Waals surface area (Å²) in [6, 6.07) is 13.1. The van der Waals surface area contributed by atoms with Gasteiger partial charge in [-0.2, -0.15) is 0 Å². The number of halogens is 1. The first kappa shape index (κ1) is 15.8. The number of carbonyl (C=O) groups is 1. The second kappa shape index (κ2) is 8.02. The molecule has 2 aromatic carbocycles. The number of carbonyl (C=O) groups excluding carboxylic acids is 1. The lowest BCUT2D eigenvalue weighted by Crippen LogP contribution is -2.32. The van der Waals surface area contributed by atoms with Gasteiger partial charge in [-0.05, 0) is 42.3 Å². The van der Waals surface area contributed by atoms with Crippen LogP contribution >= 0.6 is 0 Å². The summed E-state index contributed by atoms with van der Waals surface area (Å²) in [7, 11) is 0. The topological polar surface area (TPSA) is 50.4 Å². The molecule has 22 heavy (non-hydrogen) atoms. The van der Waals surface area contributed by atoms with Gasteiger partial charge in [-0.25, -0.2) is 9.18 Å². The van der Waals surface area contributed by atoms with Gasteiger partial charge in [0.25, 0.3) is 0 Å². The van der Waals surface area contributed by atoms with E-state index in [-0.39, 0.29) is 11.8 Å². The number of urea groups is 1. The van der Waals surface area contributed by atoms with Gasteiger partial charge in [0.15, 0.2) is 0 Å². The van der Waals surface area contributed by atoms with E-state index in [0.717, 1.165) is 17.7 Å². The van der Waals surface area contributed by atoms with Crippen LogP contribution in [0.15, 0.2) is 48.5 Å². The molecular formula is C17H19FN2O2. The molecule has 2 rings (SSSR count). The number of amides is 2. The molecule has 0 spiro atoms. The third-order valence-corrected chi connectivity index (χ3v) is 3.10. The van der Waals surface area contributed by atoms with Crippen LogP contribution in [-0.2, 0) is 6.42 Å². The summed E-state index contributed by atoms with van der Waals surface area (Å²) in [5.74, 6) is 0.500. The van der Waals surface area contributed by atoms with Gasteiger partial charge < -0.3 is 15.4 Å². The first-order valence-electron chi connectivity index (χ1n) is 7.20. The predicted molar refractivity (Wildman–Crippen MR) is 84.7 cm³/mol. The van der Waals surface area contributed by atoms with Gasteiger partial charge in [0.1, 0.15) is 18.2 Å². The Bertz CT molecular complexity index is 614. The van der Waals surface area contributed by atoms with E-state index in [1.165, 1.54) is 24.3 Å². The highest BCUT2D eigenvalue weighted by atomic mass is 19.1. The number of para-hydroxylation sites is 1. The van der Waals surface area contributed by atoms with Crippen LogP contribution in [0.3, 0.4) is 0 Å². The van der Waals surface area contributed by atoms with Crippen molar-refractivity contribution in [3.8, 4) is 5.75 Å². The molecule has 0 aliphatic rings. The Kier molecular flexibility index (Phi) is 5.77. The van der Waals surface area contributed by atoms with Crippen LogP contribution in [0.1, 0.15) is 12.5 Å². The first-order valence-corrected chi connectivity index (χ1v) is 7.20. The number of aryl methyl sites for hydroxylation is 1. The van der Waals surface area contributed by atoms with Gasteiger partial charge in [0, 0.05) is 5.69 Å². The molecule has 2 amide bonds. The normalized spacial score (nSPS) is 10.1. The molecule has 0 bridgehead atoms. The minimum absolute atomic E-state index is 0.339. The van der Waals surface area contributed by atoms with Crippen molar-refractivity contribution in [3.05, 3.63) is 59.9 Å². The molecule has 0 atom stereocenters. The number of ether oxygens (including phenoxy) is 1. The van der Waals surface area contributed by atoms with Gasteiger partial charge in [-0.3, -0.25) is 0 Å². The molecule has 0 heterocycles. The van der Waals surface area contributed by atoms with Crippen LogP contribution in [0.4, 0.5) is 14.9 Å². The summed E-state index contributed by atoms with van der Waals surface area (Å²) in [6.07, 6.45) is 0.897. The SMILES string of the molecule is CCc1ccccc1OCCNC(=O)Nc1ccc(F)cc1. The van der Waals surface area contributed by atoms with Crippen LogP contribution < -0.4 is 15.4 Å². The number of hydrogen-bond acceptors (Lipinski definition) is 2. The maximum atomic E-state index is 12.8. The Morgan fingerprint density at radius 1 is 1.14 bits per heavy atom. The zero-order valence-corrected chi connectivity index (χ0v) is 12.4. The van der Waals surface area contributed by atoms with Gasteiger partial charge in [-0.15, -0.1) is 0 Å². The molecule has 0 fully saturated rings. The van der Waals surface area contributed by atoms with Gasteiger partial charge in [0.05, 0.1) is 6.54 Å². The zero-order chi connectivity index (χ0) is 15.8. The van der Waals surface area contributed by atoms with Crippen LogP contribution in [-0.4, -0.2) is 19.2 Å². The van der Waals surface area contributed by atoms with E-state index < -0.39 is 0 Å². The van der Waals surface area contributed by atoms with Crippen molar-refractivity contribution in [3.63, 3.8) is 0 Å². The van der Waals surface area contributed by atoms with E-state index in [0.29, 0.717) is 18.8 Å². The molecule has 4 nitrogen and oxygen atoms in total. The van der Waals surface area contributed by atoms with Gasteiger partial charge >= 0.3 is 6.03 Å². The van der Waals surface area contributed by atoms with Crippen LogP contribution in [0.5, 0.6) is 5.75 Å². The quantitative estimate of drug-likeness (QED) is 0.801. The monoisotopic (exact) mass is 302 g/mol. The molecule has 2 aromatic rings. The lowest BCUT2D eigenvalue weighted by Gasteiger charge is -2.11. The Hall–Kier alpha value is -2.56. The lowest BCUT2D eigenvalue weighted by atomic mass is 10.1. The molecule has 0 radical (unpaired) electrons. The molecule has 0 unspecified atom stereocenters. The lowest BCUT2D eigenvalue weighted by molar-refractivity contribution is 0.247. The second-order valence-corrected chi connectivity index (χ2v) is 4.70. The van der Waals surface area contributed by atoms with Crippen molar-refractivity contribution in [1.29, 1.82) is 0 Å². The Labute approximate surface area is 129 Å². The van der Waals surface area contributed by atoms with E-state index in [4.69, 9.17) is 4.74 Å². The van der Waals surface area contributed by atoms with E-state index in [1.807, 2.05) is 24.3 Å². The second-order valence-electron chi connectivity index (χ2n) is 4.70. The summed E-state index contributed by atoms with van der Waals surface area (Å²) in [4.78, 5) is 11.7. The Balaban J connectivity index is 1.72. The highest BCUT2D eigenvalue weighted by Crippen LogP contribution is 2.17. The smallest absolute Gasteiger partial charge is 0.319 e. The summed E-state index contributed by atoms with van der Waals surface area (Å²) in [5.41, 5.74) is 1.68. The molecule has 0 aromatic heterocycles. The number of hydrogen-bond donors (Lipinski definition) is 2. The van der Waals surface area contributed by atoms with Crippen LogP contribution in [0, 0.1) is 5.82 Å². The molecule has 0 saturated heterocycles. The molecule has 5 heteroatoms. The van der Waals surface area contributed by atoms with Gasteiger partial charge in [0.2, 0.25) is 0 Å². The van der Waals surface area contributed by atoms with Gasteiger partial charge in [-0.1, -0.05) is 25.1 Å².